The molecule has 20 heavy (non-hydrogen) atoms. The number of hydrogen-bond acceptors (Lipinski definition) is 4. The summed E-state index contributed by atoms with van der Waals surface area (Å²) < 4.78 is 25.4. The SMILES string of the molecule is C=CC(NC(=O)C1CCCC1)C(=O)NS(=O)(=O)C1CC1. The monoisotopic (exact) mass is 300 g/mol. The summed E-state index contributed by atoms with van der Waals surface area (Å²) in [4.78, 5) is 23.8. The van der Waals surface area contributed by atoms with Crippen LogP contribution in [0.3, 0.4) is 0 Å². The molecule has 2 aliphatic carbocycles. The molecule has 1 unspecified atom stereocenters. The topological polar surface area (TPSA) is 92.3 Å². The molecule has 2 fully saturated rings. The van der Waals surface area contributed by atoms with Crippen molar-refractivity contribution in [3.8, 4) is 0 Å². The van der Waals surface area contributed by atoms with Crippen LogP contribution in [0.15, 0.2) is 12.7 Å². The molecule has 7 heteroatoms. The van der Waals surface area contributed by atoms with Gasteiger partial charge in [0.2, 0.25) is 15.9 Å². The molecule has 2 aliphatic rings. The maximum atomic E-state index is 11.9. The first-order chi connectivity index (χ1) is 9.44. The molecule has 2 amide bonds. The molecule has 2 saturated carbocycles. The van der Waals surface area contributed by atoms with Crippen molar-refractivity contribution in [2.24, 2.45) is 5.92 Å². The van der Waals surface area contributed by atoms with Crippen LogP contribution in [0.4, 0.5) is 0 Å². The summed E-state index contributed by atoms with van der Waals surface area (Å²) in [7, 11) is -3.59. The number of sulfonamides is 1. The lowest BCUT2D eigenvalue weighted by Gasteiger charge is -2.17. The zero-order valence-electron chi connectivity index (χ0n) is 11.3. The fourth-order valence-electron chi connectivity index (χ4n) is 2.36. The molecule has 0 radical (unpaired) electrons. The minimum absolute atomic E-state index is 0.0784. The van der Waals surface area contributed by atoms with Gasteiger partial charge in [-0.25, -0.2) is 8.42 Å². The van der Waals surface area contributed by atoms with E-state index in [1.165, 1.54) is 6.08 Å². The van der Waals surface area contributed by atoms with E-state index in [2.05, 4.69) is 11.9 Å². The second kappa shape index (κ2) is 5.95. The van der Waals surface area contributed by atoms with Crippen LogP contribution in [0.5, 0.6) is 0 Å². The molecule has 0 aromatic heterocycles. The number of rotatable bonds is 6. The molecule has 0 bridgehead atoms. The summed E-state index contributed by atoms with van der Waals surface area (Å²) in [6.45, 7) is 3.48. The van der Waals surface area contributed by atoms with E-state index in [9.17, 15) is 18.0 Å². The van der Waals surface area contributed by atoms with E-state index in [1.54, 1.807) is 0 Å². The largest absolute Gasteiger partial charge is 0.341 e. The number of amides is 2. The van der Waals surface area contributed by atoms with E-state index in [4.69, 9.17) is 0 Å². The molecule has 0 spiro atoms. The fourth-order valence-corrected chi connectivity index (χ4v) is 3.69. The Labute approximate surface area is 119 Å². The van der Waals surface area contributed by atoms with Crippen LogP contribution in [0.1, 0.15) is 38.5 Å². The van der Waals surface area contributed by atoms with Crippen molar-refractivity contribution in [2.45, 2.75) is 49.8 Å². The van der Waals surface area contributed by atoms with Crippen molar-refractivity contribution in [3.05, 3.63) is 12.7 Å². The van der Waals surface area contributed by atoms with E-state index in [1.807, 2.05) is 4.72 Å². The highest BCUT2D eigenvalue weighted by atomic mass is 32.2. The Balaban J connectivity index is 1.91. The van der Waals surface area contributed by atoms with Gasteiger partial charge in [-0.2, -0.15) is 0 Å². The first-order valence-corrected chi connectivity index (χ1v) is 8.47. The maximum Gasteiger partial charge on any atom is 0.260 e. The van der Waals surface area contributed by atoms with Gasteiger partial charge in [0, 0.05) is 5.92 Å². The van der Waals surface area contributed by atoms with Crippen LogP contribution >= 0.6 is 0 Å². The van der Waals surface area contributed by atoms with Crippen LogP contribution in [0.2, 0.25) is 0 Å². The molecular weight excluding hydrogens is 280 g/mol. The Bertz CT molecular complexity index is 504. The standard InChI is InChI=1S/C13H20N2O4S/c1-2-11(14-12(16)9-5-3-4-6-9)13(17)15-20(18,19)10-7-8-10/h2,9-11H,1,3-8H2,(H,14,16)(H,15,17). The highest BCUT2D eigenvalue weighted by Gasteiger charge is 2.38. The zero-order chi connectivity index (χ0) is 14.8. The summed E-state index contributed by atoms with van der Waals surface area (Å²) in [6, 6.07) is -1.00. The third kappa shape index (κ3) is 3.59. The average Bonchev–Trinajstić information content (AvgIpc) is 3.12. The van der Waals surface area contributed by atoms with Gasteiger partial charge in [0.1, 0.15) is 6.04 Å². The molecular formula is C13H20N2O4S. The number of nitrogens with one attached hydrogen (secondary N) is 2. The molecule has 2 N–H and O–H groups in total. The van der Waals surface area contributed by atoms with Crippen molar-refractivity contribution in [2.75, 3.05) is 0 Å². The third-order valence-corrected chi connectivity index (χ3v) is 5.58. The lowest BCUT2D eigenvalue weighted by Crippen LogP contribution is -2.49. The zero-order valence-corrected chi connectivity index (χ0v) is 12.1. The third-order valence-electron chi connectivity index (χ3n) is 3.75. The van der Waals surface area contributed by atoms with Crippen LogP contribution < -0.4 is 10.0 Å². The van der Waals surface area contributed by atoms with Gasteiger partial charge in [-0.1, -0.05) is 18.9 Å². The molecule has 0 aromatic carbocycles. The number of carbonyl (C=O) groups is 2. The van der Waals surface area contributed by atoms with E-state index in [-0.39, 0.29) is 11.8 Å². The lowest BCUT2D eigenvalue weighted by atomic mass is 10.1. The highest BCUT2D eigenvalue weighted by Crippen LogP contribution is 2.27. The van der Waals surface area contributed by atoms with Crippen molar-refractivity contribution >= 4 is 21.8 Å². The minimum Gasteiger partial charge on any atom is -0.341 e. The average molecular weight is 300 g/mol. The molecule has 0 heterocycles. The summed E-state index contributed by atoms with van der Waals surface area (Å²) in [5, 5.41) is 2.09. The quantitative estimate of drug-likeness (QED) is 0.697. The molecule has 0 aliphatic heterocycles. The smallest absolute Gasteiger partial charge is 0.260 e. The van der Waals surface area contributed by atoms with Gasteiger partial charge in [0.25, 0.3) is 5.91 Å². The Hall–Kier alpha value is -1.37. The number of hydrogen-bond donors (Lipinski definition) is 2. The lowest BCUT2D eigenvalue weighted by molar-refractivity contribution is -0.129. The van der Waals surface area contributed by atoms with Crippen molar-refractivity contribution in [1.29, 1.82) is 0 Å². The van der Waals surface area contributed by atoms with Crippen LogP contribution in [0.25, 0.3) is 0 Å². The Morgan fingerprint density at radius 3 is 2.25 bits per heavy atom. The predicted molar refractivity (Wildman–Crippen MR) is 74.2 cm³/mol. The molecule has 112 valence electrons. The highest BCUT2D eigenvalue weighted by molar-refractivity contribution is 7.90. The Morgan fingerprint density at radius 1 is 1.15 bits per heavy atom. The van der Waals surface area contributed by atoms with Crippen molar-refractivity contribution in [1.82, 2.24) is 10.0 Å². The minimum atomic E-state index is -3.59. The Morgan fingerprint density at radius 2 is 1.75 bits per heavy atom. The summed E-state index contributed by atoms with van der Waals surface area (Å²) >= 11 is 0. The normalized spacial score (nSPS) is 21.2. The van der Waals surface area contributed by atoms with Gasteiger partial charge >= 0.3 is 0 Å². The van der Waals surface area contributed by atoms with Crippen molar-refractivity contribution in [3.63, 3.8) is 0 Å². The van der Waals surface area contributed by atoms with E-state index < -0.39 is 27.2 Å². The van der Waals surface area contributed by atoms with Gasteiger partial charge < -0.3 is 5.32 Å². The molecule has 0 aromatic rings. The summed E-state index contributed by atoms with van der Waals surface area (Å²) in [5.74, 6) is -1.02. The summed E-state index contributed by atoms with van der Waals surface area (Å²) in [6.07, 6.45) is 6.07. The van der Waals surface area contributed by atoms with Gasteiger partial charge in [-0.05, 0) is 25.7 Å². The van der Waals surface area contributed by atoms with Crippen LogP contribution in [-0.4, -0.2) is 31.5 Å². The van der Waals surface area contributed by atoms with E-state index in [0.717, 1.165) is 25.7 Å². The van der Waals surface area contributed by atoms with Gasteiger partial charge in [-0.15, -0.1) is 6.58 Å². The number of carbonyl (C=O) groups excluding carboxylic acids is 2. The second-order valence-electron chi connectivity index (χ2n) is 5.41. The predicted octanol–water partition coefficient (Wildman–Crippen LogP) is 0.456. The summed E-state index contributed by atoms with van der Waals surface area (Å²) in [5.41, 5.74) is 0. The van der Waals surface area contributed by atoms with Gasteiger partial charge in [0.15, 0.2) is 0 Å². The van der Waals surface area contributed by atoms with Gasteiger partial charge in [0.05, 0.1) is 5.25 Å². The molecule has 6 nitrogen and oxygen atoms in total. The first-order valence-electron chi connectivity index (χ1n) is 6.92. The molecule has 1 atom stereocenters. The van der Waals surface area contributed by atoms with Crippen LogP contribution in [0, 0.1) is 5.92 Å². The van der Waals surface area contributed by atoms with E-state index >= 15 is 0 Å². The molecule has 2 rings (SSSR count). The first kappa shape index (κ1) is 15.0. The van der Waals surface area contributed by atoms with Crippen LogP contribution in [-0.2, 0) is 19.6 Å². The second-order valence-corrected chi connectivity index (χ2v) is 7.37. The van der Waals surface area contributed by atoms with Crippen molar-refractivity contribution < 1.29 is 18.0 Å². The van der Waals surface area contributed by atoms with E-state index in [0.29, 0.717) is 12.8 Å². The fraction of sp³-hybridized carbons (Fsp3) is 0.692. The maximum absolute atomic E-state index is 11.9. The van der Waals surface area contributed by atoms with Gasteiger partial charge in [-0.3, -0.25) is 14.3 Å². The molecule has 0 saturated heterocycles. The Kier molecular flexibility index (Phi) is 4.47.